The fourth-order valence-corrected chi connectivity index (χ4v) is 2.18. The van der Waals surface area contributed by atoms with E-state index in [4.69, 9.17) is 0 Å². The number of allylic oxidation sites excluding steroid dienone is 2. The van der Waals surface area contributed by atoms with Crippen molar-refractivity contribution in [1.29, 1.82) is 0 Å². The number of hydrogen-bond donors (Lipinski definition) is 1. The van der Waals surface area contributed by atoms with Crippen LogP contribution in [0, 0.1) is 0 Å². The first-order valence-electron chi connectivity index (χ1n) is 6.41. The lowest BCUT2D eigenvalue weighted by Gasteiger charge is -2.26. The van der Waals surface area contributed by atoms with Crippen LogP contribution >= 0.6 is 0 Å². The molecule has 1 N–H and O–H groups in total. The quantitative estimate of drug-likeness (QED) is 0.827. The van der Waals surface area contributed by atoms with Crippen LogP contribution in [0.1, 0.15) is 38.2 Å². The van der Waals surface area contributed by atoms with Crippen LogP contribution in [0.3, 0.4) is 0 Å². The first-order chi connectivity index (χ1) is 8.23. The van der Waals surface area contributed by atoms with Gasteiger partial charge in [0.2, 0.25) is 0 Å². The maximum Gasteiger partial charge on any atom is 0.0865 e. The number of rotatable bonds is 4. The lowest BCUT2D eigenvalue weighted by Crippen LogP contribution is -2.26. The number of benzene rings is 1. The van der Waals surface area contributed by atoms with E-state index in [1.54, 1.807) is 0 Å². The Morgan fingerprint density at radius 1 is 1.24 bits per heavy atom. The van der Waals surface area contributed by atoms with Crippen molar-refractivity contribution < 1.29 is 5.11 Å². The molecule has 1 aromatic rings. The Balaban J connectivity index is 2.06. The highest BCUT2D eigenvalue weighted by Gasteiger charge is 2.24. The van der Waals surface area contributed by atoms with Crippen LogP contribution in [0.2, 0.25) is 0 Å². The van der Waals surface area contributed by atoms with Crippen molar-refractivity contribution in [1.82, 2.24) is 0 Å². The molecule has 1 aliphatic carbocycles. The second kappa shape index (κ2) is 5.33. The van der Waals surface area contributed by atoms with Crippen LogP contribution in [-0.4, -0.2) is 10.7 Å². The first kappa shape index (κ1) is 12.1. The zero-order chi connectivity index (χ0) is 12.1. The van der Waals surface area contributed by atoms with Crippen LogP contribution in [0.5, 0.6) is 0 Å². The molecule has 0 saturated heterocycles. The van der Waals surface area contributed by atoms with Gasteiger partial charge in [0.25, 0.3) is 0 Å². The molecule has 0 aliphatic heterocycles. The Morgan fingerprint density at radius 2 is 2.00 bits per heavy atom. The Labute approximate surface area is 103 Å². The summed E-state index contributed by atoms with van der Waals surface area (Å²) in [5.41, 5.74) is 1.82. The Kier molecular flexibility index (Phi) is 3.80. The lowest BCUT2D eigenvalue weighted by molar-refractivity contribution is 0.0813. The molecule has 0 heterocycles. The SMILES string of the molecule is CCCCC1(O)C=CC(c2ccccc2)=CC1. The topological polar surface area (TPSA) is 20.2 Å². The average Bonchev–Trinajstić information content (AvgIpc) is 2.38. The minimum atomic E-state index is -0.617. The molecular formula is C16H20O. The van der Waals surface area contributed by atoms with Crippen LogP contribution in [0.25, 0.3) is 5.57 Å². The minimum absolute atomic E-state index is 0.617. The van der Waals surface area contributed by atoms with Gasteiger partial charge in [0, 0.05) is 0 Å². The standard InChI is InChI=1S/C16H20O/c1-2-3-11-16(17)12-9-15(10-13-16)14-7-5-4-6-8-14/h4-10,12,17H,2-3,11,13H2,1H3. The van der Waals surface area contributed by atoms with Gasteiger partial charge >= 0.3 is 0 Å². The fraction of sp³-hybridized carbons (Fsp3) is 0.375. The van der Waals surface area contributed by atoms with Crippen LogP contribution in [-0.2, 0) is 0 Å². The molecule has 0 spiro atoms. The van der Waals surface area contributed by atoms with Gasteiger partial charge in [0.15, 0.2) is 0 Å². The number of hydrogen-bond acceptors (Lipinski definition) is 1. The van der Waals surface area contributed by atoms with Crippen molar-refractivity contribution in [2.24, 2.45) is 0 Å². The van der Waals surface area contributed by atoms with Crippen molar-refractivity contribution in [2.75, 3.05) is 0 Å². The molecule has 0 amide bonds. The third kappa shape index (κ3) is 3.07. The molecule has 0 radical (unpaired) electrons. The van der Waals surface area contributed by atoms with Crippen LogP contribution < -0.4 is 0 Å². The molecule has 0 saturated carbocycles. The third-order valence-corrected chi connectivity index (χ3v) is 3.32. The zero-order valence-electron chi connectivity index (χ0n) is 10.4. The van der Waals surface area contributed by atoms with E-state index in [0.29, 0.717) is 0 Å². The normalized spacial score (nSPS) is 23.5. The predicted molar refractivity (Wildman–Crippen MR) is 72.7 cm³/mol. The van der Waals surface area contributed by atoms with Crippen molar-refractivity contribution in [2.45, 2.75) is 38.2 Å². The molecule has 1 atom stereocenters. The summed E-state index contributed by atoms with van der Waals surface area (Å²) in [6.45, 7) is 2.15. The van der Waals surface area contributed by atoms with Gasteiger partial charge in [-0.1, -0.05) is 68.3 Å². The van der Waals surface area contributed by atoms with Gasteiger partial charge in [-0.15, -0.1) is 0 Å². The van der Waals surface area contributed by atoms with Gasteiger partial charge in [0.05, 0.1) is 5.60 Å². The first-order valence-corrected chi connectivity index (χ1v) is 6.41. The van der Waals surface area contributed by atoms with Crippen molar-refractivity contribution in [3.05, 3.63) is 54.1 Å². The fourth-order valence-electron chi connectivity index (χ4n) is 2.18. The molecule has 1 aromatic carbocycles. The summed E-state index contributed by atoms with van der Waals surface area (Å²) in [5.74, 6) is 0. The van der Waals surface area contributed by atoms with E-state index in [1.807, 2.05) is 24.3 Å². The maximum absolute atomic E-state index is 10.3. The van der Waals surface area contributed by atoms with Gasteiger partial charge in [-0.05, 0) is 24.0 Å². The van der Waals surface area contributed by atoms with Crippen molar-refractivity contribution in [3.8, 4) is 0 Å². The van der Waals surface area contributed by atoms with Crippen molar-refractivity contribution in [3.63, 3.8) is 0 Å². The van der Waals surface area contributed by atoms with E-state index in [0.717, 1.165) is 25.7 Å². The molecular weight excluding hydrogens is 208 g/mol. The summed E-state index contributed by atoms with van der Waals surface area (Å²) in [7, 11) is 0. The Hall–Kier alpha value is -1.34. The molecule has 2 rings (SSSR count). The molecule has 17 heavy (non-hydrogen) atoms. The molecule has 90 valence electrons. The second-order valence-electron chi connectivity index (χ2n) is 4.77. The van der Waals surface area contributed by atoms with Gasteiger partial charge in [-0.25, -0.2) is 0 Å². The molecule has 1 unspecified atom stereocenters. The highest BCUT2D eigenvalue weighted by Crippen LogP contribution is 2.29. The molecule has 0 bridgehead atoms. The van der Waals surface area contributed by atoms with Crippen LogP contribution in [0.4, 0.5) is 0 Å². The Morgan fingerprint density at radius 3 is 2.59 bits per heavy atom. The number of unbranched alkanes of at least 4 members (excludes halogenated alkanes) is 1. The average molecular weight is 228 g/mol. The maximum atomic E-state index is 10.3. The van der Waals surface area contributed by atoms with E-state index in [9.17, 15) is 5.11 Å². The minimum Gasteiger partial charge on any atom is -0.385 e. The third-order valence-electron chi connectivity index (χ3n) is 3.32. The summed E-state index contributed by atoms with van der Waals surface area (Å²) in [6, 6.07) is 10.3. The highest BCUT2D eigenvalue weighted by atomic mass is 16.3. The molecule has 0 aromatic heterocycles. The van der Waals surface area contributed by atoms with Crippen molar-refractivity contribution >= 4 is 5.57 Å². The highest BCUT2D eigenvalue weighted by molar-refractivity contribution is 5.75. The number of aliphatic hydroxyl groups is 1. The lowest BCUT2D eigenvalue weighted by atomic mass is 9.86. The van der Waals surface area contributed by atoms with E-state index in [1.165, 1.54) is 11.1 Å². The summed E-state index contributed by atoms with van der Waals surface area (Å²) in [5, 5.41) is 10.3. The van der Waals surface area contributed by atoms with E-state index >= 15 is 0 Å². The van der Waals surface area contributed by atoms with Crippen LogP contribution in [0.15, 0.2) is 48.6 Å². The predicted octanol–water partition coefficient (Wildman–Crippen LogP) is 3.95. The molecule has 1 aliphatic rings. The largest absolute Gasteiger partial charge is 0.385 e. The van der Waals surface area contributed by atoms with E-state index in [-0.39, 0.29) is 0 Å². The second-order valence-corrected chi connectivity index (χ2v) is 4.77. The van der Waals surface area contributed by atoms with Gasteiger partial charge in [-0.2, -0.15) is 0 Å². The smallest absolute Gasteiger partial charge is 0.0865 e. The zero-order valence-corrected chi connectivity index (χ0v) is 10.4. The molecule has 1 heteroatoms. The monoisotopic (exact) mass is 228 g/mol. The summed E-state index contributed by atoms with van der Waals surface area (Å²) in [6.07, 6.45) is 9.96. The summed E-state index contributed by atoms with van der Waals surface area (Å²) in [4.78, 5) is 0. The summed E-state index contributed by atoms with van der Waals surface area (Å²) >= 11 is 0. The molecule has 0 fully saturated rings. The van der Waals surface area contributed by atoms with Gasteiger partial charge < -0.3 is 5.11 Å². The van der Waals surface area contributed by atoms with Gasteiger partial charge in [0.1, 0.15) is 0 Å². The van der Waals surface area contributed by atoms with E-state index in [2.05, 4.69) is 31.2 Å². The molecule has 1 nitrogen and oxygen atoms in total. The Bertz CT molecular complexity index is 416. The van der Waals surface area contributed by atoms with Gasteiger partial charge in [-0.3, -0.25) is 0 Å². The summed E-state index contributed by atoms with van der Waals surface area (Å²) < 4.78 is 0. The van der Waals surface area contributed by atoms with E-state index < -0.39 is 5.60 Å².